The Hall–Kier alpha value is -1.04. The van der Waals surface area contributed by atoms with Gasteiger partial charge in [-0.25, -0.2) is 0 Å². The number of aliphatic hydroxyl groups is 1. The van der Waals surface area contributed by atoms with E-state index in [1.54, 1.807) is 7.48 Å². The number of rotatable bonds is 5. The Bertz CT molecular complexity index is 652. The molecule has 1 aromatic carbocycles. The molecule has 4 nitrogen and oxygen atoms in total. The number of para-hydroxylation sites is 1. The van der Waals surface area contributed by atoms with Crippen LogP contribution in [0.1, 0.15) is 51.5 Å². The van der Waals surface area contributed by atoms with Crippen LogP contribution in [0.5, 0.6) is 5.75 Å². The molecule has 0 spiro atoms. The number of aliphatic hydroxyl groups excluding tert-OH is 1. The second-order valence-corrected chi connectivity index (χ2v) is 8.94. The molecular weight excluding hydrogens is 313 g/mol. The van der Waals surface area contributed by atoms with E-state index in [1.807, 2.05) is 18.2 Å². The third-order valence-corrected chi connectivity index (χ3v) is 7.18. The van der Waals surface area contributed by atoms with Gasteiger partial charge in [-0.2, -0.15) is 0 Å². The Kier molecular flexibility index (Phi) is 4.17. The standard InChI is InChI=1S/C20H29BNO3/c1-19(2)13-9-16(19)20(3,17(23)10-13)25-21-18(22)8-12-11-24-15-7-5-4-6-14(12)15/h4-7,12-13,16-18,23H,8-11,22H2,1-3H3/t12?,13-,16-,17+,18?,20-/m0/s1. The molecule has 2 bridgehead atoms. The quantitative estimate of drug-likeness (QED) is 0.808. The van der Waals surface area contributed by atoms with E-state index in [9.17, 15) is 5.11 Å². The molecule has 25 heavy (non-hydrogen) atoms. The molecule has 1 aromatic rings. The Morgan fingerprint density at radius 2 is 2.08 bits per heavy atom. The van der Waals surface area contributed by atoms with Gasteiger partial charge in [0.1, 0.15) is 5.75 Å². The maximum absolute atomic E-state index is 10.6. The van der Waals surface area contributed by atoms with Crippen molar-refractivity contribution in [1.82, 2.24) is 0 Å². The van der Waals surface area contributed by atoms with Crippen molar-refractivity contribution in [3.05, 3.63) is 29.8 Å². The van der Waals surface area contributed by atoms with Crippen molar-refractivity contribution in [1.29, 1.82) is 0 Å². The minimum Gasteiger partial charge on any atom is -0.493 e. The van der Waals surface area contributed by atoms with Crippen LogP contribution >= 0.6 is 0 Å². The Morgan fingerprint density at radius 3 is 2.84 bits per heavy atom. The summed E-state index contributed by atoms with van der Waals surface area (Å²) < 4.78 is 11.9. The number of hydrogen-bond donors (Lipinski definition) is 2. The molecule has 0 saturated heterocycles. The molecule has 3 N–H and O–H groups in total. The fraction of sp³-hybridized carbons (Fsp3) is 0.700. The van der Waals surface area contributed by atoms with Gasteiger partial charge in [-0.05, 0) is 49.5 Å². The Balaban J connectivity index is 1.37. The average Bonchev–Trinajstić information content (AvgIpc) is 2.98. The summed E-state index contributed by atoms with van der Waals surface area (Å²) >= 11 is 0. The molecule has 3 aliphatic carbocycles. The van der Waals surface area contributed by atoms with Gasteiger partial charge in [-0.1, -0.05) is 32.0 Å². The summed E-state index contributed by atoms with van der Waals surface area (Å²) in [5, 5.41) is 10.6. The predicted molar refractivity (Wildman–Crippen MR) is 98.5 cm³/mol. The number of fused-ring (bicyclic) bond motifs is 3. The number of ether oxygens (including phenoxy) is 1. The van der Waals surface area contributed by atoms with Gasteiger partial charge in [0.2, 0.25) is 0 Å². The molecule has 0 amide bonds. The molecule has 3 saturated carbocycles. The normalized spacial score (nSPS) is 39.1. The van der Waals surface area contributed by atoms with Gasteiger partial charge in [0.25, 0.3) is 0 Å². The van der Waals surface area contributed by atoms with E-state index in [1.165, 1.54) is 5.56 Å². The lowest BCUT2D eigenvalue weighted by Gasteiger charge is -2.66. The molecule has 5 rings (SSSR count). The highest BCUT2D eigenvalue weighted by molar-refractivity contribution is 6.29. The first-order valence-corrected chi connectivity index (χ1v) is 9.49. The fourth-order valence-electron chi connectivity index (χ4n) is 5.33. The zero-order chi connectivity index (χ0) is 17.8. The van der Waals surface area contributed by atoms with Crippen LogP contribution in [0.25, 0.3) is 0 Å². The first-order valence-electron chi connectivity index (χ1n) is 9.49. The predicted octanol–water partition coefficient (Wildman–Crippen LogP) is 2.66. The highest BCUT2D eigenvalue weighted by Gasteiger charge is 2.63. The van der Waals surface area contributed by atoms with Crippen LogP contribution < -0.4 is 10.5 Å². The second-order valence-electron chi connectivity index (χ2n) is 8.94. The third-order valence-electron chi connectivity index (χ3n) is 7.18. The summed E-state index contributed by atoms with van der Waals surface area (Å²) in [5.74, 6) is 2.10. The van der Waals surface area contributed by atoms with E-state index in [0.29, 0.717) is 24.4 Å². The van der Waals surface area contributed by atoms with Crippen LogP contribution in [0.2, 0.25) is 0 Å². The van der Waals surface area contributed by atoms with Crippen molar-refractivity contribution in [3.8, 4) is 5.75 Å². The lowest BCUT2D eigenvalue weighted by molar-refractivity contribution is -0.234. The summed E-state index contributed by atoms with van der Waals surface area (Å²) in [6, 6.07) is 8.16. The number of hydrogen-bond acceptors (Lipinski definition) is 4. The van der Waals surface area contributed by atoms with Crippen molar-refractivity contribution in [3.63, 3.8) is 0 Å². The van der Waals surface area contributed by atoms with Crippen molar-refractivity contribution >= 4 is 7.48 Å². The lowest BCUT2D eigenvalue weighted by atomic mass is 9.43. The molecule has 1 aliphatic heterocycles. The minimum absolute atomic E-state index is 0.176. The summed E-state index contributed by atoms with van der Waals surface area (Å²) in [5.41, 5.74) is 7.29. The van der Waals surface area contributed by atoms with Crippen LogP contribution in [-0.4, -0.2) is 36.8 Å². The molecule has 5 heteroatoms. The third kappa shape index (κ3) is 2.72. The first kappa shape index (κ1) is 17.4. The first-order chi connectivity index (χ1) is 11.8. The van der Waals surface area contributed by atoms with Gasteiger partial charge < -0.3 is 20.2 Å². The van der Waals surface area contributed by atoms with E-state index in [4.69, 9.17) is 15.1 Å². The summed E-state index contributed by atoms with van der Waals surface area (Å²) in [6.45, 7) is 7.33. The van der Waals surface area contributed by atoms with Crippen molar-refractivity contribution in [2.45, 2.75) is 63.6 Å². The van der Waals surface area contributed by atoms with Crippen LogP contribution in [0, 0.1) is 17.3 Å². The van der Waals surface area contributed by atoms with Gasteiger partial charge in [-0.15, -0.1) is 0 Å². The smallest absolute Gasteiger partial charge is 0.311 e. The van der Waals surface area contributed by atoms with Crippen molar-refractivity contribution in [2.24, 2.45) is 23.0 Å². The largest absolute Gasteiger partial charge is 0.493 e. The highest BCUT2D eigenvalue weighted by Crippen LogP contribution is 2.63. The molecule has 1 heterocycles. The molecule has 6 atom stereocenters. The molecule has 4 aliphatic rings. The van der Waals surface area contributed by atoms with Gasteiger partial charge in [0.05, 0.1) is 18.3 Å². The van der Waals surface area contributed by atoms with E-state index in [0.717, 1.165) is 25.0 Å². The molecule has 1 radical (unpaired) electrons. The summed E-state index contributed by atoms with van der Waals surface area (Å²) in [7, 11) is 1.76. The summed E-state index contributed by atoms with van der Waals surface area (Å²) in [4.78, 5) is 0. The van der Waals surface area contributed by atoms with Gasteiger partial charge >= 0.3 is 7.48 Å². The zero-order valence-corrected chi connectivity index (χ0v) is 15.4. The SMILES string of the molecule is CC1(C)[C@@H]2C[C@@H](O)[C@@](C)(O[B]C(N)CC3COc4ccccc43)[C@H]1C2. The molecular formula is C20H29BNO3. The van der Waals surface area contributed by atoms with Gasteiger partial charge in [0.15, 0.2) is 0 Å². The van der Waals surface area contributed by atoms with Crippen LogP contribution in [0.3, 0.4) is 0 Å². The minimum atomic E-state index is -0.528. The molecule has 135 valence electrons. The van der Waals surface area contributed by atoms with Gasteiger partial charge in [0, 0.05) is 17.4 Å². The van der Waals surface area contributed by atoms with E-state index in [-0.39, 0.29) is 11.4 Å². The van der Waals surface area contributed by atoms with Gasteiger partial charge in [-0.3, -0.25) is 0 Å². The van der Waals surface area contributed by atoms with E-state index >= 15 is 0 Å². The van der Waals surface area contributed by atoms with E-state index < -0.39 is 11.7 Å². The molecule has 2 unspecified atom stereocenters. The summed E-state index contributed by atoms with van der Waals surface area (Å²) in [6.07, 6.45) is 2.35. The molecule has 0 aromatic heterocycles. The lowest BCUT2D eigenvalue weighted by Crippen LogP contribution is -2.68. The maximum atomic E-state index is 10.6. The zero-order valence-electron chi connectivity index (χ0n) is 15.4. The molecule has 3 fully saturated rings. The van der Waals surface area contributed by atoms with Crippen molar-refractivity contribution in [2.75, 3.05) is 6.61 Å². The Morgan fingerprint density at radius 1 is 1.32 bits per heavy atom. The van der Waals surface area contributed by atoms with Crippen LogP contribution in [0.15, 0.2) is 24.3 Å². The highest BCUT2D eigenvalue weighted by atomic mass is 16.5. The topological polar surface area (TPSA) is 64.7 Å². The van der Waals surface area contributed by atoms with Crippen LogP contribution in [0.4, 0.5) is 0 Å². The maximum Gasteiger partial charge on any atom is 0.311 e. The number of nitrogens with two attached hydrogens (primary N) is 1. The Labute approximate surface area is 151 Å². The van der Waals surface area contributed by atoms with E-state index in [2.05, 4.69) is 26.8 Å². The van der Waals surface area contributed by atoms with Crippen molar-refractivity contribution < 1.29 is 14.5 Å². The van der Waals surface area contributed by atoms with Crippen LogP contribution in [-0.2, 0) is 4.65 Å². The fourth-order valence-corrected chi connectivity index (χ4v) is 5.33. The monoisotopic (exact) mass is 342 g/mol. The second kappa shape index (κ2) is 6.00. The average molecular weight is 342 g/mol. The number of benzene rings is 1.